The van der Waals surface area contributed by atoms with Crippen LogP contribution in [0.25, 0.3) is 0 Å². The van der Waals surface area contributed by atoms with E-state index in [9.17, 15) is 0 Å². The summed E-state index contributed by atoms with van der Waals surface area (Å²) in [6.45, 7) is 5.49. The maximum absolute atomic E-state index is 7.42. The number of nitrogens with two attached hydrogens (primary N) is 1. The van der Waals surface area contributed by atoms with Gasteiger partial charge in [0, 0.05) is 19.3 Å². The smallest absolute Gasteiger partial charge is 0.141 e. The van der Waals surface area contributed by atoms with Gasteiger partial charge >= 0.3 is 0 Å². The molecule has 0 aromatic carbocycles. The van der Waals surface area contributed by atoms with Crippen LogP contribution < -0.4 is 5.73 Å². The van der Waals surface area contributed by atoms with Gasteiger partial charge in [-0.3, -0.25) is 15.3 Å². The molecule has 0 saturated heterocycles. The van der Waals surface area contributed by atoms with Crippen LogP contribution >= 0.6 is 0 Å². The van der Waals surface area contributed by atoms with Crippen molar-refractivity contribution >= 4 is 5.84 Å². The van der Waals surface area contributed by atoms with Gasteiger partial charge in [0.1, 0.15) is 11.5 Å². The fourth-order valence-electron chi connectivity index (χ4n) is 2.19. The van der Waals surface area contributed by atoms with Crippen LogP contribution in [0.15, 0.2) is 18.3 Å². The van der Waals surface area contributed by atoms with Crippen LogP contribution in [0, 0.1) is 11.3 Å². The second-order valence-electron chi connectivity index (χ2n) is 5.14. The highest BCUT2D eigenvalue weighted by molar-refractivity contribution is 5.93. The summed E-state index contributed by atoms with van der Waals surface area (Å²) in [5, 5.41) is 7.42. The molecule has 0 radical (unpaired) electrons. The van der Waals surface area contributed by atoms with E-state index in [0.29, 0.717) is 5.69 Å². The summed E-state index contributed by atoms with van der Waals surface area (Å²) in [7, 11) is 0. The Morgan fingerprint density at radius 2 is 2.33 bits per heavy atom. The predicted molar refractivity (Wildman–Crippen MR) is 73.5 cm³/mol. The summed E-state index contributed by atoms with van der Waals surface area (Å²) in [6.07, 6.45) is 5.69. The molecule has 0 amide bonds. The van der Waals surface area contributed by atoms with Crippen molar-refractivity contribution in [3.63, 3.8) is 0 Å². The third-order valence-corrected chi connectivity index (χ3v) is 3.26. The van der Waals surface area contributed by atoms with E-state index in [-0.39, 0.29) is 5.84 Å². The first-order chi connectivity index (χ1) is 8.69. The molecule has 2 rings (SSSR count). The standard InChI is InChI=1S/C14H22N4/c1-2-7-18(9-11-3-4-11)10-12-5-6-17-13(8-12)14(15)16/h5-6,8,11H,2-4,7,9-10H2,1H3,(H3,15,16). The number of nitrogens with one attached hydrogen (secondary N) is 1. The van der Waals surface area contributed by atoms with E-state index in [4.69, 9.17) is 11.1 Å². The van der Waals surface area contributed by atoms with Gasteiger partial charge in [0.15, 0.2) is 0 Å². The summed E-state index contributed by atoms with van der Waals surface area (Å²) in [4.78, 5) is 6.59. The zero-order chi connectivity index (χ0) is 13.0. The molecule has 98 valence electrons. The average Bonchev–Trinajstić information content (AvgIpc) is 3.13. The third-order valence-electron chi connectivity index (χ3n) is 3.26. The summed E-state index contributed by atoms with van der Waals surface area (Å²) >= 11 is 0. The van der Waals surface area contributed by atoms with Crippen LogP contribution in [0.4, 0.5) is 0 Å². The second kappa shape index (κ2) is 5.96. The lowest BCUT2D eigenvalue weighted by molar-refractivity contribution is 0.255. The number of nitrogens with zero attached hydrogens (tertiary/aromatic N) is 2. The molecule has 4 heteroatoms. The minimum atomic E-state index is 0.0427. The van der Waals surface area contributed by atoms with Crippen LogP contribution in [0.5, 0.6) is 0 Å². The minimum absolute atomic E-state index is 0.0427. The Kier molecular flexibility index (Phi) is 4.31. The van der Waals surface area contributed by atoms with Crippen molar-refractivity contribution in [2.75, 3.05) is 13.1 Å². The first-order valence-corrected chi connectivity index (χ1v) is 6.70. The first-order valence-electron chi connectivity index (χ1n) is 6.70. The topological polar surface area (TPSA) is 66.0 Å². The SMILES string of the molecule is CCCN(Cc1ccnc(C(=N)N)c1)CC1CC1. The van der Waals surface area contributed by atoms with Crippen LogP contribution in [0.1, 0.15) is 37.4 Å². The molecule has 1 heterocycles. The molecule has 1 aromatic rings. The van der Waals surface area contributed by atoms with E-state index in [1.165, 1.54) is 31.4 Å². The van der Waals surface area contributed by atoms with E-state index in [1.807, 2.05) is 12.1 Å². The maximum atomic E-state index is 7.42. The van der Waals surface area contributed by atoms with Gasteiger partial charge in [0.05, 0.1) is 0 Å². The van der Waals surface area contributed by atoms with Crippen molar-refractivity contribution in [1.29, 1.82) is 5.41 Å². The lowest BCUT2D eigenvalue weighted by Crippen LogP contribution is -2.26. The van der Waals surface area contributed by atoms with Crippen LogP contribution in [0.3, 0.4) is 0 Å². The van der Waals surface area contributed by atoms with Gasteiger partial charge in [-0.1, -0.05) is 6.92 Å². The number of nitrogen functional groups attached to an aromatic ring is 1. The quantitative estimate of drug-likeness (QED) is 0.571. The Hall–Kier alpha value is -1.42. The van der Waals surface area contributed by atoms with Gasteiger partial charge in [-0.2, -0.15) is 0 Å². The van der Waals surface area contributed by atoms with E-state index in [2.05, 4.69) is 16.8 Å². The highest BCUT2D eigenvalue weighted by Crippen LogP contribution is 2.30. The predicted octanol–water partition coefficient (Wildman–Crippen LogP) is 1.99. The van der Waals surface area contributed by atoms with Crippen molar-refractivity contribution in [2.24, 2.45) is 11.7 Å². The monoisotopic (exact) mass is 246 g/mol. The number of hydrogen-bond acceptors (Lipinski definition) is 3. The lowest BCUT2D eigenvalue weighted by atomic mass is 10.2. The zero-order valence-electron chi connectivity index (χ0n) is 11.0. The normalized spacial score (nSPS) is 15.0. The zero-order valence-corrected chi connectivity index (χ0v) is 11.0. The van der Waals surface area contributed by atoms with Crippen molar-refractivity contribution in [3.05, 3.63) is 29.6 Å². The Morgan fingerprint density at radius 3 is 2.94 bits per heavy atom. The Labute approximate surface area is 109 Å². The molecule has 0 aliphatic heterocycles. The van der Waals surface area contributed by atoms with Crippen molar-refractivity contribution in [2.45, 2.75) is 32.7 Å². The molecule has 1 aromatic heterocycles. The molecule has 1 saturated carbocycles. The number of amidine groups is 1. The first kappa shape index (κ1) is 13.0. The van der Waals surface area contributed by atoms with E-state index in [1.54, 1.807) is 6.20 Å². The Morgan fingerprint density at radius 1 is 1.56 bits per heavy atom. The number of aromatic nitrogens is 1. The van der Waals surface area contributed by atoms with Crippen LogP contribution in [-0.2, 0) is 6.54 Å². The lowest BCUT2D eigenvalue weighted by Gasteiger charge is -2.21. The number of rotatable bonds is 7. The van der Waals surface area contributed by atoms with E-state index >= 15 is 0 Å². The Bertz CT molecular complexity index is 412. The van der Waals surface area contributed by atoms with E-state index < -0.39 is 0 Å². The van der Waals surface area contributed by atoms with E-state index in [0.717, 1.165) is 19.0 Å². The van der Waals surface area contributed by atoms with Crippen molar-refractivity contribution < 1.29 is 0 Å². The average molecular weight is 246 g/mol. The van der Waals surface area contributed by atoms with Crippen LogP contribution in [0.2, 0.25) is 0 Å². The number of pyridine rings is 1. The largest absolute Gasteiger partial charge is 0.382 e. The fraction of sp³-hybridized carbons (Fsp3) is 0.571. The molecule has 1 fully saturated rings. The van der Waals surface area contributed by atoms with Crippen molar-refractivity contribution in [1.82, 2.24) is 9.88 Å². The Balaban J connectivity index is 2.00. The van der Waals surface area contributed by atoms with Crippen LogP contribution in [-0.4, -0.2) is 28.8 Å². The molecule has 3 N–H and O–H groups in total. The highest BCUT2D eigenvalue weighted by atomic mass is 15.1. The highest BCUT2D eigenvalue weighted by Gasteiger charge is 2.23. The molecule has 18 heavy (non-hydrogen) atoms. The molecule has 0 bridgehead atoms. The van der Waals surface area contributed by atoms with Crippen molar-refractivity contribution in [3.8, 4) is 0 Å². The number of hydrogen-bond donors (Lipinski definition) is 2. The van der Waals surface area contributed by atoms with Gasteiger partial charge in [-0.25, -0.2) is 0 Å². The summed E-state index contributed by atoms with van der Waals surface area (Å²) < 4.78 is 0. The fourth-order valence-corrected chi connectivity index (χ4v) is 2.19. The van der Waals surface area contributed by atoms with Gasteiger partial charge in [0.2, 0.25) is 0 Å². The molecular formula is C14H22N4. The molecule has 0 unspecified atom stereocenters. The van der Waals surface area contributed by atoms with Gasteiger partial charge in [0.25, 0.3) is 0 Å². The van der Waals surface area contributed by atoms with Gasteiger partial charge in [-0.05, 0) is 49.4 Å². The second-order valence-corrected chi connectivity index (χ2v) is 5.14. The maximum Gasteiger partial charge on any atom is 0.141 e. The molecule has 0 atom stereocenters. The summed E-state index contributed by atoms with van der Waals surface area (Å²) in [5.74, 6) is 0.951. The molecular weight excluding hydrogens is 224 g/mol. The van der Waals surface area contributed by atoms with Gasteiger partial charge in [-0.15, -0.1) is 0 Å². The molecule has 4 nitrogen and oxygen atoms in total. The minimum Gasteiger partial charge on any atom is -0.382 e. The summed E-state index contributed by atoms with van der Waals surface area (Å²) in [5.41, 5.74) is 7.25. The summed E-state index contributed by atoms with van der Waals surface area (Å²) in [6, 6.07) is 3.94. The van der Waals surface area contributed by atoms with Gasteiger partial charge < -0.3 is 5.73 Å². The molecule has 1 aliphatic rings. The third kappa shape index (κ3) is 3.81. The molecule has 1 aliphatic carbocycles. The molecule has 0 spiro atoms.